The van der Waals surface area contributed by atoms with E-state index in [1.165, 1.54) is 71.3 Å². The molecule has 41 nitrogen and oxygen atoms in total. The molecule has 133 heavy (non-hydrogen) atoms. The van der Waals surface area contributed by atoms with E-state index in [1.54, 1.807) is 60.9 Å². The van der Waals surface area contributed by atoms with Gasteiger partial charge in [0.15, 0.2) is 5.96 Å². The number of imidazole rings is 1. The van der Waals surface area contributed by atoms with Crippen molar-refractivity contribution >= 4 is 140 Å². The Hall–Kier alpha value is -13.4. The summed E-state index contributed by atoms with van der Waals surface area (Å²) in [5.74, 6) is -16.8. The number of primary amides is 2. The lowest BCUT2D eigenvalue weighted by Gasteiger charge is -2.37. The predicted octanol–water partition coefficient (Wildman–Crippen LogP) is -0.720. The van der Waals surface area contributed by atoms with Crippen LogP contribution in [0.3, 0.4) is 0 Å². The summed E-state index contributed by atoms with van der Waals surface area (Å²) in [4.78, 5) is 269. The number of amides is 17. The summed E-state index contributed by atoms with van der Waals surface area (Å²) in [5.41, 5.74) is 16.7. The standard InChI is InChI=1S/C91H128N24O17S/c1-12-14-32-69-81(125)104-62(31-23-35-97-89(94)95)78(122)107-68(77(121)100-46-73(93)117)48-133-49-75(119)103-65(37-53-25-17-16-18-26-53)83(127)112(9)52(5)76(120)106-67(41-72(92)116)85(129)115-36-24-34-70(115)82(126)105-64(40-56-45-96-50-101-56)80(124)110-91(42-59(91)51(3)4)88(132)111(8)47-74(118)102-63(38-54-43-98-60-29-21-19-27-57(54)60)79(123)109-90(6,7)87(131)108-66(39-55-44-99-61-30-22-20-28-58(55)61)84(128)114(11)71(33-15-13-2)86(130)113(69)10/h16-22,25-30,43-45,50-52,59,62-71,98-99H,12-15,23-24,31-42,46-49H2,1-11H3,(H2,92,116)(H2,93,117)(H,96,101)(H,100,121)(H,102,118)(H,103,119)(H,104,125)(H,105,126)(H,106,120)(H,107,122)(H,108,131)(H,109,123)(H,110,124)(H4,94,95,97)/t52-,59+,62-,63-,64-,65-,66-,67-,68-,69-,70-,71-,91?/m0/s1. The first kappa shape index (κ1) is 103. The van der Waals surface area contributed by atoms with Gasteiger partial charge in [0.25, 0.3) is 0 Å². The number of carbonyl (C=O) groups excluding carboxylic acids is 17. The van der Waals surface area contributed by atoms with Crippen molar-refractivity contribution in [3.8, 4) is 0 Å². The van der Waals surface area contributed by atoms with Crippen molar-refractivity contribution in [1.82, 2.24) is 103 Å². The van der Waals surface area contributed by atoms with Crippen LogP contribution < -0.4 is 75.7 Å². The van der Waals surface area contributed by atoms with E-state index in [4.69, 9.17) is 22.6 Å². The fourth-order valence-corrected chi connectivity index (χ4v) is 17.7. The van der Waals surface area contributed by atoms with Crippen molar-refractivity contribution in [1.29, 1.82) is 5.41 Å². The van der Waals surface area contributed by atoms with E-state index in [1.807, 2.05) is 58.0 Å². The molecule has 42 heteroatoms. The van der Waals surface area contributed by atoms with Crippen molar-refractivity contribution in [2.75, 3.05) is 65.9 Å². The molecule has 17 amide bonds. The number of hydrogen-bond acceptors (Lipinski definition) is 20. The molecule has 9 rings (SSSR count). The minimum absolute atomic E-state index is 0.0126. The summed E-state index contributed by atoms with van der Waals surface area (Å²) < 4.78 is 0. The third-order valence-corrected chi connectivity index (χ3v) is 25.5. The first-order valence-corrected chi connectivity index (χ1v) is 46.0. The van der Waals surface area contributed by atoms with E-state index in [0.29, 0.717) is 69.9 Å². The number of benzene rings is 3. The maximum Gasteiger partial charge on any atom is 0.248 e. The number of H-pyrrole nitrogens is 3. The van der Waals surface area contributed by atoms with Crippen LogP contribution in [0, 0.1) is 17.2 Å². The monoisotopic (exact) mass is 1860 g/mol. The Morgan fingerprint density at radius 2 is 1.14 bits per heavy atom. The molecular weight excluding hydrogens is 1730 g/mol. The molecule has 1 aliphatic carbocycles. The van der Waals surface area contributed by atoms with Crippen LogP contribution in [0.2, 0.25) is 0 Å². The topological polar surface area (TPSA) is 601 Å². The quantitative estimate of drug-likeness (QED) is 0.0202. The molecular formula is C91H128N24O17S. The number of thioether (sulfide) groups is 1. The maximum atomic E-state index is 15.8. The molecule has 13 atom stereocenters. The molecule has 6 aromatic rings. The molecule has 5 heterocycles. The van der Waals surface area contributed by atoms with Crippen LogP contribution >= 0.6 is 11.8 Å². The Morgan fingerprint density at radius 1 is 0.571 bits per heavy atom. The minimum atomic E-state index is -1.92. The number of nitrogens with two attached hydrogens (primary N) is 3. The number of carbonyl (C=O) groups is 17. The van der Waals surface area contributed by atoms with Gasteiger partial charge in [-0.3, -0.25) is 86.9 Å². The fourth-order valence-electron chi connectivity index (χ4n) is 16.8. The summed E-state index contributed by atoms with van der Waals surface area (Å²) in [7, 11) is 5.39. The van der Waals surface area contributed by atoms with Crippen LogP contribution in [0.1, 0.15) is 148 Å². The largest absolute Gasteiger partial charge is 0.370 e. The third-order valence-electron chi connectivity index (χ3n) is 24.5. The molecule has 2 saturated heterocycles. The highest BCUT2D eigenvalue weighted by molar-refractivity contribution is 8.00. The Morgan fingerprint density at radius 3 is 1.74 bits per heavy atom. The lowest BCUT2D eigenvalue weighted by molar-refractivity contribution is -0.149. The van der Waals surface area contributed by atoms with Crippen molar-refractivity contribution in [3.63, 3.8) is 0 Å². The van der Waals surface area contributed by atoms with Gasteiger partial charge in [0.1, 0.15) is 77.5 Å². The van der Waals surface area contributed by atoms with Gasteiger partial charge in [0.2, 0.25) is 100 Å². The lowest BCUT2D eigenvalue weighted by Crippen LogP contribution is -2.63. The van der Waals surface area contributed by atoms with Crippen LogP contribution in [0.25, 0.3) is 21.8 Å². The SMILES string of the molecule is CCCC[C@H]1C(=O)N(C)[C@@H](CCCC)C(=O)N[C@@H](CCCNC(=N)N)C(=O)N[C@H](C(=O)NCC(N)=O)CSCC(=O)N[C@@H](Cc2ccccc2)C(=O)N(C)[C@@H](C)C(=O)N[C@@H](CC(N)=O)C(=O)N2CCC[C@H]2C(=O)N[C@@H](Cc2cnc[nH]2)C(=O)NC2(C[C@@H]2C(C)C)C(=O)N(C)CC(=O)N[C@@H](Cc2c[nH]c3ccccc23)C(=O)NC(C)(C)C(=O)N[C@@H](Cc2c[nH]c3ccccc23)C(=O)N1C. The number of nitrogens with zero attached hydrogens (tertiary/aromatic N) is 6. The third kappa shape index (κ3) is 27.8. The Kier molecular flexibility index (Phi) is 37.0. The first-order valence-electron chi connectivity index (χ1n) is 44.9. The summed E-state index contributed by atoms with van der Waals surface area (Å²) in [6.45, 7) is 10.1. The summed E-state index contributed by atoms with van der Waals surface area (Å²) >= 11 is 0.805. The smallest absolute Gasteiger partial charge is 0.248 e. The summed E-state index contributed by atoms with van der Waals surface area (Å²) in [6.07, 6.45) is 6.62. The highest BCUT2D eigenvalue weighted by atomic mass is 32.2. The van der Waals surface area contributed by atoms with Gasteiger partial charge in [-0.05, 0) is 106 Å². The highest BCUT2D eigenvalue weighted by Gasteiger charge is 2.63. The molecule has 1 unspecified atom stereocenters. The number of para-hydroxylation sites is 2. The summed E-state index contributed by atoms with van der Waals surface area (Å²) in [5, 5.41) is 39.1. The number of nitrogens with one attached hydrogen (secondary N) is 15. The molecule has 3 fully saturated rings. The van der Waals surface area contributed by atoms with Crippen LogP contribution in [0.4, 0.5) is 0 Å². The molecule has 1 spiro atoms. The lowest BCUT2D eigenvalue weighted by atomic mass is 9.97. The Bertz CT molecular complexity index is 5200. The zero-order valence-electron chi connectivity index (χ0n) is 77.1. The molecule has 3 aromatic carbocycles. The number of aromatic nitrogens is 4. The van der Waals surface area contributed by atoms with Gasteiger partial charge >= 0.3 is 0 Å². The van der Waals surface area contributed by atoms with Crippen LogP contribution in [-0.4, -0.2) is 294 Å². The van der Waals surface area contributed by atoms with Crippen LogP contribution in [-0.2, 0) is 107 Å². The second-order valence-electron chi connectivity index (χ2n) is 35.3. The number of aromatic amines is 3. The van der Waals surface area contributed by atoms with Gasteiger partial charge in [0.05, 0.1) is 31.6 Å². The summed E-state index contributed by atoms with van der Waals surface area (Å²) in [6, 6.07) is 6.76. The molecule has 3 aromatic heterocycles. The number of guanidine groups is 1. The first-order chi connectivity index (χ1) is 63.2. The number of hydrogen-bond donors (Lipinski definition) is 18. The van der Waals surface area contributed by atoms with Crippen molar-refractivity contribution in [3.05, 3.63) is 126 Å². The molecule has 3 aliphatic rings. The van der Waals surface area contributed by atoms with Gasteiger partial charge < -0.3 is 115 Å². The number of likely N-dealkylation sites (N-methyl/N-ethyl adjacent to an activating group) is 4. The van der Waals surface area contributed by atoms with E-state index in [2.05, 4.69) is 78.4 Å². The second-order valence-corrected chi connectivity index (χ2v) is 36.3. The van der Waals surface area contributed by atoms with Gasteiger partial charge in [0, 0.05) is 119 Å². The molecule has 0 bridgehead atoms. The predicted molar refractivity (Wildman–Crippen MR) is 495 cm³/mol. The number of unbranched alkanes of at least 4 members (excludes halogenated alkanes) is 2. The number of rotatable bonds is 24. The Labute approximate surface area is 775 Å². The minimum Gasteiger partial charge on any atom is -0.370 e. The van der Waals surface area contributed by atoms with Gasteiger partial charge in [-0.1, -0.05) is 120 Å². The zero-order valence-corrected chi connectivity index (χ0v) is 78.0. The van der Waals surface area contributed by atoms with E-state index in [-0.39, 0.29) is 89.6 Å². The highest BCUT2D eigenvalue weighted by Crippen LogP contribution is 2.50. The Balaban J connectivity index is 1.09. The maximum absolute atomic E-state index is 15.8. The molecule has 1 saturated carbocycles. The van der Waals surface area contributed by atoms with E-state index in [0.717, 1.165) is 26.5 Å². The van der Waals surface area contributed by atoms with Gasteiger partial charge in [-0.2, -0.15) is 0 Å². The average Bonchev–Trinajstić information content (AvgIpc) is 1.56. The average molecular weight is 1860 g/mol. The van der Waals surface area contributed by atoms with E-state index >= 15 is 33.6 Å². The van der Waals surface area contributed by atoms with Gasteiger partial charge in [-0.25, -0.2) is 4.98 Å². The van der Waals surface area contributed by atoms with Crippen LogP contribution in [0.15, 0.2) is 104 Å². The molecule has 720 valence electrons. The van der Waals surface area contributed by atoms with E-state index in [9.17, 15) is 47.9 Å². The van der Waals surface area contributed by atoms with Crippen molar-refractivity contribution in [2.24, 2.45) is 29.0 Å². The second kappa shape index (κ2) is 47.6. The molecule has 21 N–H and O–H groups in total. The van der Waals surface area contributed by atoms with Crippen molar-refractivity contribution < 1.29 is 81.5 Å². The molecule has 0 radical (unpaired) electrons. The normalized spacial score (nSPS) is 24.7. The zero-order chi connectivity index (χ0) is 97.3. The number of fused-ring (bicyclic) bond motifs is 3. The van der Waals surface area contributed by atoms with Crippen LogP contribution in [0.5, 0.6) is 0 Å². The fraction of sp³-hybridized carbons (Fsp3) is 0.527. The van der Waals surface area contributed by atoms with E-state index < -0.39 is 221 Å². The van der Waals surface area contributed by atoms with Crippen molar-refractivity contribution in [2.45, 2.75) is 229 Å². The van der Waals surface area contributed by atoms with Gasteiger partial charge in [-0.15, -0.1) is 11.8 Å². The molecule has 2 aliphatic heterocycles.